The van der Waals surface area contributed by atoms with Crippen molar-refractivity contribution in [2.24, 2.45) is 0 Å². The predicted molar refractivity (Wildman–Crippen MR) is 28.7 cm³/mol. The number of hydrogen-bond donors (Lipinski definition) is 1. The van der Waals surface area contributed by atoms with E-state index in [0.29, 0.717) is 0 Å². The van der Waals surface area contributed by atoms with Crippen LogP contribution >= 0.6 is 0 Å². The molecule has 10 heavy (non-hydrogen) atoms. The van der Waals surface area contributed by atoms with E-state index in [9.17, 15) is 9.59 Å². The molecule has 2 amide bonds. The molecule has 0 radical (unpaired) electrons. The van der Waals surface area contributed by atoms with Gasteiger partial charge in [0.25, 0.3) is 5.91 Å². The normalized spacial score (nSPS) is 21.0. The van der Waals surface area contributed by atoms with Crippen molar-refractivity contribution in [2.45, 2.75) is 19.4 Å². The summed E-state index contributed by atoms with van der Waals surface area (Å²) in [6, 6.07) is 0. The third-order valence-corrected chi connectivity index (χ3v) is 1.11. The zero-order valence-electron chi connectivity index (χ0n) is 6.22. The van der Waals surface area contributed by atoms with E-state index in [0.717, 1.165) is 0 Å². The van der Waals surface area contributed by atoms with Crippen LogP contribution in [-0.2, 0) is 9.53 Å². The molecule has 1 aliphatic heterocycles. The number of imide groups is 1. The Hall–Kier alpha value is 0.576. The third-order valence-electron chi connectivity index (χ3n) is 1.11. The standard InChI is InChI=1S/C5H7NO3.K/c1-5(2)3(7)6-4(8)9-5;/h1-2H3,(H,6,7,8);/q;+1. The Morgan fingerprint density at radius 3 is 2.00 bits per heavy atom. The number of carbonyl (C=O) groups excluding carboxylic acids is 2. The van der Waals surface area contributed by atoms with Crippen LogP contribution in [0.3, 0.4) is 0 Å². The summed E-state index contributed by atoms with van der Waals surface area (Å²) in [4.78, 5) is 21.0. The maximum absolute atomic E-state index is 10.6. The molecule has 0 bridgehead atoms. The minimum absolute atomic E-state index is 0. The molecule has 4 nitrogen and oxygen atoms in total. The van der Waals surface area contributed by atoms with Gasteiger partial charge < -0.3 is 4.74 Å². The maximum atomic E-state index is 10.6. The Morgan fingerprint density at radius 1 is 1.40 bits per heavy atom. The molecule has 5 heteroatoms. The van der Waals surface area contributed by atoms with E-state index in [1.807, 2.05) is 5.32 Å². The topological polar surface area (TPSA) is 55.4 Å². The van der Waals surface area contributed by atoms with Crippen molar-refractivity contribution in [2.75, 3.05) is 0 Å². The fourth-order valence-electron chi connectivity index (χ4n) is 0.547. The molecular formula is C5H7KNO3+. The zero-order valence-corrected chi connectivity index (χ0v) is 9.35. The summed E-state index contributed by atoms with van der Waals surface area (Å²) in [7, 11) is 0. The first-order valence-electron chi connectivity index (χ1n) is 2.57. The predicted octanol–water partition coefficient (Wildman–Crippen LogP) is -2.96. The van der Waals surface area contributed by atoms with Gasteiger partial charge in [-0.05, 0) is 13.8 Å². The van der Waals surface area contributed by atoms with Gasteiger partial charge in [0.15, 0.2) is 5.60 Å². The van der Waals surface area contributed by atoms with Gasteiger partial charge in [-0.15, -0.1) is 0 Å². The van der Waals surface area contributed by atoms with Crippen molar-refractivity contribution in [3.63, 3.8) is 0 Å². The maximum Gasteiger partial charge on any atom is 1.00 e. The molecule has 0 saturated carbocycles. The molecule has 0 atom stereocenters. The number of nitrogens with one attached hydrogen (secondary N) is 1. The Labute approximate surface area is 101 Å². The van der Waals surface area contributed by atoms with E-state index in [2.05, 4.69) is 4.74 Å². The van der Waals surface area contributed by atoms with Gasteiger partial charge in [-0.2, -0.15) is 0 Å². The Bertz CT molecular complexity index is 178. The number of carbonyl (C=O) groups is 2. The van der Waals surface area contributed by atoms with Crippen LogP contribution in [0.15, 0.2) is 0 Å². The number of alkyl carbamates (subject to hydrolysis) is 1. The van der Waals surface area contributed by atoms with Gasteiger partial charge in [-0.1, -0.05) is 0 Å². The monoisotopic (exact) mass is 168 g/mol. The summed E-state index contributed by atoms with van der Waals surface area (Å²) >= 11 is 0. The van der Waals surface area contributed by atoms with E-state index < -0.39 is 11.7 Å². The second-order valence-electron chi connectivity index (χ2n) is 2.35. The van der Waals surface area contributed by atoms with Gasteiger partial charge >= 0.3 is 57.5 Å². The molecule has 0 spiro atoms. The van der Waals surface area contributed by atoms with Crippen LogP contribution in [0, 0.1) is 0 Å². The Kier molecular flexibility index (Phi) is 3.51. The largest absolute Gasteiger partial charge is 1.00 e. The van der Waals surface area contributed by atoms with Crippen molar-refractivity contribution in [1.29, 1.82) is 0 Å². The number of amides is 2. The van der Waals surface area contributed by atoms with Crippen LogP contribution in [-0.4, -0.2) is 17.6 Å². The SMILES string of the molecule is CC1(C)OC(=O)NC1=O.[K+]. The van der Waals surface area contributed by atoms with Crippen LogP contribution in [0.25, 0.3) is 0 Å². The Balaban J connectivity index is 0.000000810. The van der Waals surface area contributed by atoms with Crippen LogP contribution in [0.5, 0.6) is 0 Å². The molecule has 1 fully saturated rings. The minimum atomic E-state index is -0.975. The third kappa shape index (κ3) is 2.03. The second-order valence-corrected chi connectivity index (χ2v) is 2.35. The molecular weight excluding hydrogens is 161 g/mol. The number of rotatable bonds is 0. The van der Waals surface area contributed by atoms with E-state index >= 15 is 0 Å². The van der Waals surface area contributed by atoms with Crippen molar-refractivity contribution >= 4 is 12.0 Å². The molecule has 1 N–H and O–H groups in total. The zero-order chi connectivity index (χ0) is 7.07. The molecule has 0 aromatic rings. The van der Waals surface area contributed by atoms with E-state index in [1.54, 1.807) is 0 Å². The van der Waals surface area contributed by atoms with Crippen LogP contribution in [0.1, 0.15) is 13.8 Å². The molecule has 0 aromatic carbocycles. The number of hydrogen-bond acceptors (Lipinski definition) is 3. The van der Waals surface area contributed by atoms with Crippen molar-refractivity contribution in [1.82, 2.24) is 5.32 Å². The van der Waals surface area contributed by atoms with E-state index in [-0.39, 0.29) is 57.3 Å². The second kappa shape index (κ2) is 3.32. The molecule has 1 aliphatic rings. The molecule has 0 aliphatic carbocycles. The minimum Gasteiger partial charge on any atom is -0.433 e. The number of ether oxygens (including phenoxy) is 1. The number of cyclic esters (lactones) is 1. The molecule has 0 aromatic heterocycles. The quantitative estimate of drug-likeness (QED) is 0.393. The average Bonchev–Trinajstić information content (AvgIpc) is 1.79. The summed E-state index contributed by atoms with van der Waals surface area (Å²) in [6.07, 6.45) is -0.662. The van der Waals surface area contributed by atoms with E-state index in [4.69, 9.17) is 0 Å². The van der Waals surface area contributed by atoms with Crippen LogP contribution < -0.4 is 56.7 Å². The smallest absolute Gasteiger partial charge is 0.433 e. The molecule has 1 heterocycles. The summed E-state index contributed by atoms with van der Waals surface area (Å²) in [6.45, 7) is 3.07. The van der Waals surface area contributed by atoms with E-state index in [1.165, 1.54) is 13.8 Å². The summed E-state index contributed by atoms with van der Waals surface area (Å²) in [5.74, 6) is -0.382. The van der Waals surface area contributed by atoms with Gasteiger partial charge in [0.2, 0.25) is 0 Å². The van der Waals surface area contributed by atoms with Gasteiger partial charge in [0, 0.05) is 0 Å². The van der Waals surface area contributed by atoms with Gasteiger partial charge in [0.1, 0.15) is 0 Å². The fourth-order valence-corrected chi connectivity index (χ4v) is 0.547. The fraction of sp³-hybridized carbons (Fsp3) is 0.600. The average molecular weight is 168 g/mol. The van der Waals surface area contributed by atoms with Crippen molar-refractivity contribution in [3.8, 4) is 0 Å². The molecule has 0 unspecified atom stereocenters. The Morgan fingerprint density at radius 2 is 1.90 bits per heavy atom. The summed E-state index contributed by atoms with van der Waals surface area (Å²) < 4.78 is 4.56. The first kappa shape index (κ1) is 10.6. The van der Waals surface area contributed by atoms with Crippen molar-refractivity contribution in [3.05, 3.63) is 0 Å². The van der Waals surface area contributed by atoms with Gasteiger partial charge in [-0.25, -0.2) is 4.79 Å². The molecule has 1 saturated heterocycles. The summed E-state index contributed by atoms with van der Waals surface area (Å²) in [5.41, 5.74) is -0.975. The van der Waals surface area contributed by atoms with Crippen LogP contribution in [0.2, 0.25) is 0 Å². The van der Waals surface area contributed by atoms with Gasteiger partial charge in [-0.3, -0.25) is 10.1 Å². The molecule has 1 rings (SSSR count). The first-order valence-corrected chi connectivity index (χ1v) is 2.57. The summed E-state index contributed by atoms with van der Waals surface area (Å²) in [5, 5.41) is 2.01. The van der Waals surface area contributed by atoms with Gasteiger partial charge in [0.05, 0.1) is 0 Å². The van der Waals surface area contributed by atoms with Crippen LogP contribution in [0.4, 0.5) is 4.79 Å². The molecule has 50 valence electrons. The van der Waals surface area contributed by atoms with Crippen molar-refractivity contribution < 1.29 is 65.7 Å². The first-order chi connectivity index (χ1) is 4.02.